The monoisotopic (exact) mass is 172 g/mol. The second-order valence-corrected chi connectivity index (χ2v) is 3.70. The summed E-state index contributed by atoms with van der Waals surface area (Å²) in [5.41, 5.74) is 0. The molecule has 2 N–H and O–H groups in total. The van der Waals surface area contributed by atoms with Gasteiger partial charge in [0, 0.05) is 5.92 Å². The Morgan fingerprint density at radius 1 is 1.33 bits per heavy atom. The van der Waals surface area contributed by atoms with E-state index >= 15 is 0 Å². The van der Waals surface area contributed by atoms with Crippen LogP contribution in [-0.2, 0) is 9.53 Å². The van der Waals surface area contributed by atoms with Crippen molar-refractivity contribution in [2.75, 3.05) is 0 Å². The fourth-order valence-electron chi connectivity index (χ4n) is 2.37. The number of carbonyl (C=O) groups is 1. The minimum absolute atomic E-state index is 0. The Morgan fingerprint density at radius 2 is 2.00 bits per heavy atom. The molecule has 0 spiro atoms. The first-order valence-electron chi connectivity index (χ1n) is 4.49. The van der Waals surface area contributed by atoms with Crippen molar-refractivity contribution in [3.05, 3.63) is 0 Å². The molecule has 2 rings (SSSR count). The van der Waals surface area contributed by atoms with E-state index in [-0.39, 0.29) is 23.5 Å². The first kappa shape index (κ1) is 9.52. The summed E-state index contributed by atoms with van der Waals surface area (Å²) >= 11 is 0. The van der Waals surface area contributed by atoms with E-state index in [0.717, 1.165) is 6.42 Å². The third kappa shape index (κ3) is 1.33. The van der Waals surface area contributed by atoms with Crippen molar-refractivity contribution >= 4 is 5.97 Å². The molecule has 3 heteroatoms. The van der Waals surface area contributed by atoms with E-state index in [1.54, 1.807) is 0 Å². The van der Waals surface area contributed by atoms with Crippen LogP contribution >= 0.6 is 0 Å². The molecule has 1 aliphatic carbocycles. The highest BCUT2D eigenvalue weighted by atomic mass is 16.6. The van der Waals surface area contributed by atoms with Crippen LogP contribution < -0.4 is 0 Å². The number of ether oxygens (including phenoxy) is 1. The zero-order valence-electron chi connectivity index (χ0n) is 7.38. The summed E-state index contributed by atoms with van der Waals surface area (Å²) < 4.78 is 5.17. The van der Waals surface area contributed by atoms with E-state index in [1.165, 1.54) is 19.3 Å². The molecule has 0 radical (unpaired) electrons. The molecule has 1 saturated heterocycles. The number of hydrogen-bond acceptors (Lipinski definition) is 2. The van der Waals surface area contributed by atoms with Crippen LogP contribution in [-0.4, -0.2) is 17.5 Å². The van der Waals surface area contributed by atoms with E-state index in [1.807, 2.05) is 6.92 Å². The fourth-order valence-corrected chi connectivity index (χ4v) is 2.37. The molecule has 0 amide bonds. The molecule has 12 heavy (non-hydrogen) atoms. The van der Waals surface area contributed by atoms with Crippen molar-refractivity contribution < 1.29 is 15.0 Å². The zero-order valence-corrected chi connectivity index (χ0v) is 7.38. The van der Waals surface area contributed by atoms with Crippen LogP contribution in [0.15, 0.2) is 0 Å². The van der Waals surface area contributed by atoms with Gasteiger partial charge in [-0.2, -0.15) is 0 Å². The number of carbonyl (C=O) groups excluding carboxylic acids is 1. The van der Waals surface area contributed by atoms with Gasteiger partial charge in [0.1, 0.15) is 6.10 Å². The minimum atomic E-state index is 0. The van der Waals surface area contributed by atoms with Gasteiger partial charge < -0.3 is 10.2 Å². The smallest absolute Gasteiger partial charge is 0.309 e. The summed E-state index contributed by atoms with van der Waals surface area (Å²) in [7, 11) is 0. The van der Waals surface area contributed by atoms with E-state index < -0.39 is 0 Å². The van der Waals surface area contributed by atoms with Crippen LogP contribution in [0.3, 0.4) is 0 Å². The Hall–Kier alpha value is -0.570. The predicted octanol–water partition coefficient (Wildman–Crippen LogP) is 0.913. The lowest BCUT2D eigenvalue weighted by atomic mass is 9.79. The molecule has 1 aliphatic heterocycles. The second kappa shape index (κ2) is 3.44. The molecule has 2 fully saturated rings. The molecule has 0 aromatic rings. The maximum Gasteiger partial charge on any atom is 0.309 e. The first-order chi connectivity index (χ1) is 5.29. The predicted molar refractivity (Wildman–Crippen MR) is 44.6 cm³/mol. The van der Waals surface area contributed by atoms with Crippen LogP contribution in [0.25, 0.3) is 0 Å². The average Bonchev–Trinajstić information content (AvgIpc) is 2.30. The van der Waals surface area contributed by atoms with Crippen LogP contribution in [0.4, 0.5) is 0 Å². The lowest BCUT2D eigenvalue weighted by molar-refractivity contribution is -0.143. The summed E-state index contributed by atoms with van der Waals surface area (Å²) in [5, 5.41) is 0. The third-order valence-corrected chi connectivity index (χ3v) is 3.03. The normalized spacial score (nSPS) is 39.8. The maximum absolute atomic E-state index is 11.2. The van der Waals surface area contributed by atoms with Crippen LogP contribution in [0.5, 0.6) is 0 Å². The van der Waals surface area contributed by atoms with Crippen molar-refractivity contribution in [3.8, 4) is 0 Å². The van der Waals surface area contributed by atoms with Gasteiger partial charge in [0.25, 0.3) is 0 Å². The van der Waals surface area contributed by atoms with Gasteiger partial charge in [0.15, 0.2) is 0 Å². The molecule has 0 bridgehead atoms. The highest BCUT2D eigenvalue weighted by molar-refractivity contribution is 5.75. The van der Waals surface area contributed by atoms with Crippen molar-refractivity contribution in [1.82, 2.24) is 0 Å². The first-order valence-corrected chi connectivity index (χ1v) is 4.49. The molecule has 3 nitrogen and oxygen atoms in total. The van der Waals surface area contributed by atoms with Crippen LogP contribution in [0, 0.1) is 11.8 Å². The largest absolute Gasteiger partial charge is 0.462 e. The van der Waals surface area contributed by atoms with E-state index in [9.17, 15) is 4.79 Å². The van der Waals surface area contributed by atoms with Gasteiger partial charge in [-0.3, -0.25) is 4.79 Å². The van der Waals surface area contributed by atoms with Crippen molar-refractivity contribution in [3.63, 3.8) is 0 Å². The van der Waals surface area contributed by atoms with Crippen LogP contribution in [0.1, 0.15) is 32.6 Å². The Kier molecular flexibility index (Phi) is 2.73. The fraction of sp³-hybridized carbons (Fsp3) is 0.889. The van der Waals surface area contributed by atoms with E-state index in [4.69, 9.17) is 4.74 Å². The van der Waals surface area contributed by atoms with Gasteiger partial charge in [-0.05, 0) is 19.8 Å². The zero-order chi connectivity index (χ0) is 7.84. The Bertz CT molecular complexity index is 179. The summed E-state index contributed by atoms with van der Waals surface area (Å²) in [6, 6.07) is 0. The Balaban J connectivity index is 0.000000720. The highest BCUT2D eigenvalue weighted by Crippen LogP contribution is 2.39. The molecule has 1 unspecified atom stereocenters. The van der Waals surface area contributed by atoms with E-state index in [0.29, 0.717) is 5.92 Å². The topological polar surface area (TPSA) is 57.8 Å². The Labute approximate surface area is 72.4 Å². The standard InChI is InChI=1S/C9H14O2.H2O/c1-6-7-4-2-3-5-8(7)9(10)11-6;/h6-8H,2-5H2,1H3;1H2/t6-,7?,8+;/m1./s1. The second-order valence-electron chi connectivity index (χ2n) is 3.70. The number of rotatable bonds is 0. The third-order valence-electron chi connectivity index (χ3n) is 3.03. The summed E-state index contributed by atoms with van der Waals surface area (Å²) in [5.74, 6) is 0.845. The van der Waals surface area contributed by atoms with Gasteiger partial charge in [-0.1, -0.05) is 12.8 Å². The van der Waals surface area contributed by atoms with Gasteiger partial charge >= 0.3 is 5.97 Å². The van der Waals surface area contributed by atoms with Gasteiger partial charge in [-0.25, -0.2) is 0 Å². The quantitative estimate of drug-likeness (QED) is 0.510. The van der Waals surface area contributed by atoms with E-state index in [2.05, 4.69) is 0 Å². The van der Waals surface area contributed by atoms with Gasteiger partial charge in [0.2, 0.25) is 0 Å². The molecule has 2 aliphatic rings. The molecular weight excluding hydrogens is 156 g/mol. The van der Waals surface area contributed by atoms with Crippen molar-refractivity contribution in [2.24, 2.45) is 11.8 Å². The lowest BCUT2D eigenvalue weighted by Gasteiger charge is -2.22. The lowest BCUT2D eigenvalue weighted by Crippen LogP contribution is -2.22. The molecule has 3 atom stereocenters. The highest BCUT2D eigenvalue weighted by Gasteiger charge is 2.42. The molecule has 0 aromatic heterocycles. The molecule has 1 saturated carbocycles. The summed E-state index contributed by atoms with van der Waals surface area (Å²) in [4.78, 5) is 11.2. The van der Waals surface area contributed by atoms with Gasteiger partial charge in [0.05, 0.1) is 5.92 Å². The van der Waals surface area contributed by atoms with Gasteiger partial charge in [-0.15, -0.1) is 0 Å². The molecule has 70 valence electrons. The summed E-state index contributed by atoms with van der Waals surface area (Å²) in [6.07, 6.45) is 4.93. The average molecular weight is 172 g/mol. The maximum atomic E-state index is 11.2. The Morgan fingerprint density at radius 3 is 2.67 bits per heavy atom. The van der Waals surface area contributed by atoms with Crippen molar-refractivity contribution in [2.45, 2.75) is 38.7 Å². The van der Waals surface area contributed by atoms with Crippen molar-refractivity contribution in [1.29, 1.82) is 0 Å². The number of fused-ring (bicyclic) bond motifs is 1. The number of esters is 1. The minimum Gasteiger partial charge on any atom is -0.462 e. The number of hydrogen-bond donors (Lipinski definition) is 0. The molecular formula is C9H16O3. The number of cyclic esters (lactones) is 1. The molecule has 0 aromatic carbocycles. The van der Waals surface area contributed by atoms with Crippen LogP contribution in [0.2, 0.25) is 0 Å². The summed E-state index contributed by atoms with van der Waals surface area (Å²) in [6.45, 7) is 2.02. The molecule has 1 heterocycles. The SMILES string of the molecule is C[C@H]1OC(=O)[C@H]2CCCCC21.O.